The summed E-state index contributed by atoms with van der Waals surface area (Å²) in [7, 11) is 0. The second-order valence-electron chi connectivity index (χ2n) is 7.49. The summed E-state index contributed by atoms with van der Waals surface area (Å²) < 4.78 is 5.90. The lowest BCUT2D eigenvalue weighted by Crippen LogP contribution is -2.59. The Labute approximate surface area is 185 Å². The smallest absolute Gasteiger partial charge is 0.419 e. The maximum absolute atomic E-state index is 13.4. The van der Waals surface area contributed by atoms with Gasteiger partial charge >= 0.3 is 12.1 Å². The van der Waals surface area contributed by atoms with Crippen LogP contribution in [0.15, 0.2) is 78.9 Å². The Kier molecular flexibility index (Phi) is 6.97. The fourth-order valence-corrected chi connectivity index (χ4v) is 3.27. The minimum Gasteiger partial charge on any atom is -0.504 e. The summed E-state index contributed by atoms with van der Waals surface area (Å²) in [5, 5.41) is 28.4. The number of ether oxygens (including phenoxy) is 1. The number of esters is 1. The maximum Gasteiger partial charge on any atom is 0.419 e. The van der Waals surface area contributed by atoms with Crippen LogP contribution in [0, 0.1) is 0 Å². The molecule has 0 aliphatic heterocycles. The standard InChI is InChI=1S/C24H24N2O6/c1-24(26-25-23(30)31,15-16-12-13-19(27)20(28)14-16)22(29)32-21(17-8-4-2-5-9-17)18-10-6-3-7-11-18/h2-14,21,25-28H,15H2,1H3,(H,30,31). The topological polar surface area (TPSA) is 128 Å². The fourth-order valence-electron chi connectivity index (χ4n) is 3.27. The summed E-state index contributed by atoms with van der Waals surface area (Å²) in [6.07, 6.45) is -2.12. The molecule has 0 aromatic heterocycles. The van der Waals surface area contributed by atoms with Gasteiger partial charge in [0.1, 0.15) is 5.54 Å². The summed E-state index contributed by atoms with van der Waals surface area (Å²) in [5.41, 5.74) is 5.00. The van der Waals surface area contributed by atoms with Gasteiger partial charge in [0, 0.05) is 6.42 Å². The van der Waals surface area contributed by atoms with Crippen molar-refractivity contribution < 1.29 is 29.6 Å². The molecule has 0 aliphatic rings. The number of aromatic hydroxyl groups is 2. The van der Waals surface area contributed by atoms with Crippen LogP contribution in [0.1, 0.15) is 29.7 Å². The van der Waals surface area contributed by atoms with E-state index in [1.54, 1.807) is 0 Å². The number of amides is 1. The summed E-state index contributed by atoms with van der Waals surface area (Å²) in [4.78, 5) is 24.4. The Morgan fingerprint density at radius 2 is 1.47 bits per heavy atom. The zero-order valence-corrected chi connectivity index (χ0v) is 17.4. The van der Waals surface area contributed by atoms with Crippen LogP contribution < -0.4 is 10.9 Å². The summed E-state index contributed by atoms with van der Waals surface area (Å²) in [6.45, 7) is 1.49. The van der Waals surface area contributed by atoms with Crippen molar-refractivity contribution in [2.45, 2.75) is 25.0 Å². The number of rotatable bonds is 8. The highest BCUT2D eigenvalue weighted by molar-refractivity contribution is 5.82. The van der Waals surface area contributed by atoms with Gasteiger partial charge in [-0.1, -0.05) is 66.7 Å². The van der Waals surface area contributed by atoms with Crippen molar-refractivity contribution in [1.82, 2.24) is 10.9 Å². The zero-order valence-electron chi connectivity index (χ0n) is 17.4. The lowest BCUT2D eigenvalue weighted by molar-refractivity contribution is -0.155. The van der Waals surface area contributed by atoms with Crippen LogP contribution in [0.2, 0.25) is 0 Å². The number of hydrogen-bond donors (Lipinski definition) is 5. The number of phenols is 2. The molecule has 3 rings (SSSR count). The van der Waals surface area contributed by atoms with Crippen molar-refractivity contribution >= 4 is 12.1 Å². The van der Waals surface area contributed by atoms with Gasteiger partial charge in [-0.15, -0.1) is 0 Å². The van der Waals surface area contributed by atoms with Crippen molar-refractivity contribution in [2.24, 2.45) is 0 Å². The Hall–Kier alpha value is -4.04. The predicted molar refractivity (Wildman–Crippen MR) is 117 cm³/mol. The maximum atomic E-state index is 13.4. The summed E-state index contributed by atoms with van der Waals surface area (Å²) >= 11 is 0. The molecule has 0 aliphatic carbocycles. The molecule has 0 bridgehead atoms. The van der Waals surface area contributed by atoms with E-state index in [1.165, 1.54) is 25.1 Å². The molecule has 1 atom stereocenters. The third kappa shape index (κ3) is 5.55. The van der Waals surface area contributed by atoms with E-state index in [4.69, 9.17) is 9.84 Å². The van der Waals surface area contributed by atoms with Crippen molar-refractivity contribution in [3.8, 4) is 11.5 Å². The molecule has 32 heavy (non-hydrogen) atoms. The Morgan fingerprint density at radius 3 is 1.97 bits per heavy atom. The number of carbonyl (C=O) groups excluding carboxylic acids is 1. The van der Waals surface area contributed by atoms with Gasteiger partial charge in [0.25, 0.3) is 0 Å². The van der Waals surface area contributed by atoms with Crippen molar-refractivity contribution in [3.05, 3.63) is 95.6 Å². The molecule has 0 radical (unpaired) electrons. The van der Waals surface area contributed by atoms with Crippen LogP contribution in [0.25, 0.3) is 0 Å². The van der Waals surface area contributed by atoms with E-state index < -0.39 is 23.7 Å². The molecule has 3 aromatic carbocycles. The first-order valence-electron chi connectivity index (χ1n) is 9.86. The second kappa shape index (κ2) is 9.84. The van der Waals surface area contributed by atoms with E-state index in [0.717, 1.165) is 11.1 Å². The van der Waals surface area contributed by atoms with E-state index in [-0.39, 0.29) is 17.9 Å². The fraction of sp³-hybridized carbons (Fsp3) is 0.167. The molecular weight excluding hydrogens is 412 g/mol. The molecule has 1 amide bonds. The van der Waals surface area contributed by atoms with Crippen molar-refractivity contribution in [3.63, 3.8) is 0 Å². The molecule has 0 spiro atoms. The van der Waals surface area contributed by atoms with Crippen LogP contribution in [0.3, 0.4) is 0 Å². The summed E-state index contributed by atoms with van der Waals surface area (Å²) in [6, 6.07) is 22.5. The quantitative estimate of drug-likeness (QED) is 0.208. The molecule has 0 saturated carbocycles. The molecule has 0 heterocycles. The van der Waals surface area contributed by atoms with Crippen LogP contribution in [-0.4, -0.2) is 32.9 Å². The number of phenolic OH excluding ortho intramolecular Hbond substituents is 2. The van der Waals surface area contributed by atoms with Gasteiger partial charge in [0.15, 0.2) is 17.6 Å². The van der Waals surface area contributed by atoms with Gasteiger partial charge in [-0.3, -0.25) is 5.43 Å². The molecular formula is C24H24N2O6. The van der Waals surface area contributed by atoms with Crippen LogP contribution in [0.4, 0.5) is 4.79 Å². The highest BCUT2D eigenvalue weighted by atomic mass is 16.5. The molecule has 3 aromatic rings. The molecule has 0 fully saturated rings. The third-order valence-corrected chi connectivity index (χ3v) is 4.92. The van der Waals surface area contributed by atoms with Gasteiger partial charge in [0.05, 0.1) is 0 Å². The number of nitrogens with one attached hydrogen (secondary N) is 2. The largest absolute Gasteiger partial charge is 0.504 e. The molecule has 8 heteroatoms. The molecule has 0 saturated heterocycles. The van der Waals surface area contributed by atoms with E-state index in [1.807, 2.05) is 66.1 Å². The highest BCUT2D eigenvalue weighted by Gasteiger charge is 2.38. The first kappa shape index (κ1) is 22.6. The zero-order chi connectivity index (χ0) is 23.1. The second-order valence-corrected chi connectivity index (χ2v) is 7.49. The molecule has 5 N–H and O–H groups in total. The van der Waals surface area contributed by atoms with E-state index in [9.17, 15) is 19.8 Å². The molecule has 8 nitrogen and oxygen atoms in total. The van der Waals surface area contributed by atoms with E-state index in [0.29, 0.717) is 5.56 Å². The lowest BCUT2D eigenvalue weighted by Gasteiger charge is -2.31. The monoisotopic (exact) mass is 436 g/mol. The van der Waals surface area contributed by atoms with Crippen molar-refractivity contribution in [2.75, 3.05) is 0 Å². The predicted octanol–water partition coefficient (Wildman–Crippen LogP) is 3.50. The van der Waals surface area contributed by atoms with Gasteiger partial charge in [0.2, 0.25) is 0 Å². The number of benzene rings is 3. The first-order valence-corrected chi connectivity index (χ1v) is 9.86. The number of carboxylic acid groups (broad SMARTS) is 1. The molecule has 1 unspecified atom stereocenters. The Balaban J connectivity index is 1.92. The summed E-state index contributed by atoms with van der Waals surface area (Å²) in [5.74, 6) is -1.37. The number of hydrazine groups is 1. The Bertz CT molecular complexity index is 1030. The van der Waals surface area contributed by atoms with Gasteiger partial charge in [-0.2, -0.15) is 0 Å². The minimum atomic E-state index is -1.52. The normalized spacial score (nSPS) is 12.7. The SMILES string of the molecule is CC(Cc1ccc(O)c(O)c1)(NNC(=O)O)C(=O)OC(c1ccccc1)c1ccccc1. The van der Waals surface area contributed by atoms with Gasteiger partial charge < -0.3 is 20.1 Å². The van der Waals surface area contributed by atoms with Gasteiger partial charge in [-0.25, -0.2) is 15.0 Å². The van der Waals surface area contributed by atoms with E-state index >= 15 is 0 Å². The van der Waals surface area contributed by atoms with Crippen molar-refractivity contribution in [1.29, 1.82) is 0 Å². The van der Waals surface area contributed by atoms with Crippen LogP contribution >= 0.6 is 0 Å². The van der Waals surface area contributed by atoms with Gasteiger partial charge in [-0.05, 0) is 35.7 Å². The Morgan fingerprint density at radius 1 is 0.906 bits per heavy atom. The minimum absolute atomic E-state index is 0.0315. The molecule has 166 valence electrons. The number of hydrogen-bond acceptors (Lipinski definition) is 6. The van der Waals surface area contributed by atoms with Crippen LogP contribution in [-0.2, 0) is 16.0 Å². The first-order chi connectivity index (χ1) is 15.3. The van der Waals surface area contributed by atoms with Crippen LogP contribution in [0.5, 0.6) is 11.5 Å². The lowest BCUT2D eigenvalue weighted by atomic mass is 9.92. The average molecular weight is 436 g/mol. The van der Waals surface area contributed by atoms with E-state index in [2.05, 4.69) is 5.43 Å². The number of carbonyl (C=O) groups is 2. The third-order valence-electron chi connectivity index (χ3n) is 4.92. The average Bonchev–Trinajstić information content (AvgIpc) is 2.79. The highest BCUT2D eigenvalue weighted by Crippen LogP contribution is 2.30.